The van der Waals surface area contributed by atoms with Crippen LogP contribution in [-0.2, 0) is 0 Å². The predicted molar refractivity (Wildman–Crippen MR) is 56.7 cm³/mol. The summed E-state index contributed by atoms with van der Waals surface area (Å²) >= 11 is 0. The summed E-state index contributed by atoms with van der Waals surface area (Å²) in [5.41, 5.74) is 2.96. The van der Waals surface area contributed by atoms with Crippen molar-refractivity contribution in [2.45, 2.75) is 6.92 Å². The number of likely N-dealkylation sites (N-methyl/N-ethyl adjacent to an activating group) is 1. The zero-order chi connectivity index (χ0) is 10.1. The van der Waals surface area contributed by atoms with E-state index in [1.165, 1.54) is 6.07 Å². The van der Waals surface area contributed by atoms with Crippen LogP contribution in [0.2, 0.25) is 0 Å². The van der Waals surface area contributed by atoms with Crippen molar-refractivity contribution in [3.8, 4) is 0 Å². The van der Waals surface area contributed by atoms with E-state index in [1.54, 1.807) is 12.1 Å². The van der Waals surface area contributed by atoms with Crippen LogP contribution in [0.3, 0.4) is 0 Å². The van der Waals surface area contributed by atoms with E-state index in [4.69, 9.17) is 0 Å². The molecule has 74 valence electrons. The van der Waals surface area contributed by atoms with Gasteiger partial charge in [0.1, 0.15) is 5.82 Å². The summed E-state index contributed by atoms with van der Waals surface area (Å²) in [7, 11) is 1.96. The number of rotatable bonds is 0. The van der Waals surface area contributed by atoms with Crippen LogP contribution in [0.15, 0.2) is 23.2 Å². The third-order valence-corrected chi connectivity index (χ3v) is 2.55. The average molecular weight is 192 g/mol. The van der Waals surface area contributed by atoms with Gasteiger partial charge in [0.2, 0.25) is 0 Å². The van der Waals surface area contributed by atoms with E-state index in [2.05, 4.69) is 4.99 Å². The van der Waals surface area contributed by atoms with Gasteiger partial charge in [-0.15, -0.1) is 0 Å². The van der Waals surface area contributed by atoms with Gasteiger partial charge in [0.15, 0.2) is 0 Å². The highest BCUT2D eigenvalue weighted by molar-refractivity contribution is 6.04. The van der Waals surface area contributed by atoms with Crippen molar-refractivity contribution in [3.63, 3.8) is 0 Å². The number of halogens is 1. The number of benzodiazepines with no additional fused rings is 1. The van der Waals surface area contributed by atoms with E-state index >= 15 is 0 Å². The van der Waals surface area contributed by atoms with Crippen molar-refractivity contribution in [1.82, 2.24) is 0 Å². The normalized spacial score (nSPS) is 15.9. The molecule has 3 heteroatoms. The van der Waals surface area contributed by atoms with Gasteiger partial charge in [-0.05, 0) is 25.1 Å². The summed E-state index contributed by atoms with van der Waals surface area (Å²) in [5.74, 6) is -0.190. The Morgan fingerprint density at radius 1 is 1.43 bits per heavy atom. The van der Waals surface area contributed by atoms with E-state index in [1.807, 2.05) is 18.9 Å². The van der Waals surface area contributed by atoms with Gasteiger partial charge in [-0.2, -0.15) is 0 Å². The number of benzene rings is 1. The first-order chi connectivity index (χ1) is 6.68. The number of hydrogen-bond acceptors (Lipinski definition) is 2. The van der Waals surface area contributed by atoms with Crippen LogP contribution in [0.4, 0.5) is 10.1 Å². The van der Waals surface area contributed by atoms with Crippen molar-refractivity contribution < 1.29 is 4.39 Å². The SMILES string of the molecule is CC1=NCCN(C)c2cc(F)ccc21. The molecule has 0 saturated heterocycles. The molecule has 0 radical (unpaired) electrons. The maximum Gasteiger partial charge on any atom is 0.125 e. The molecule has 1 aliphatic rings. The number of anilines is 1. The molecule has 0 saturated carbocycles. The Bertz CT molecular complexity index is 385. The van der Waals surface area contributed by atoms with Crippen LogP contribution < -0.4 is 4.90 Å². The standard InChI is InChI=1S/C11H13FN2/c1-8-10-4-3-9(12)7-11(10)14(2)6-5-13-8/h3-4,7H,5-6H2,1-2H3. The molecule has 0 N–H and O–H groups in total. The second kappa shape index (κ2) is 3.40. The van der Waals surface area contributed by atoms with E-state index in [-0.39, 0.29) is 5.82 Å². The molecule has 0 unspecified atom stereocenters. The number of hydrogen-bond donors (Lipinski definition) is 0. The minimum absolute atomic E-state index is 0.190. The van der Waals surface area contributed by atoms with Crippen molar-refractivity contribution in [2.24, 2.45) is 4.99 Å². The zero-order valence-electron chi connectivity index (χ0n) is 8.42. The first kappa shape index (κ1) is 9.19. The molecule has 0 fully saturated rings. The van der Waals surface area contributed by atoms with Gasteiger partial charge < -0.3 is 4.90 Å². The molecule has 1 aromatic carbocycles. The Morgan fingerprint density at radius 3 is 3.00 bits per heavy atom. The molecule has 0 aromatic heterocycles. The summed E-state index contributed by atoms with van der Waals surface area (Å²) in [4.78, 5) is 6.44. The van der Waals surface area contributed by atoms with Gasteiger partial charge in [-0.25, -0.2) is 4.39 Å². The highest BCUT2D eigenvalue weighted by Crippen LogP contribution is 2.23. The molecule has 1 aromatic rings. The van der Waals surface area contributed by atoms with Crippen molar-refractivity contribution in [2.75, 3.05) is 25.0 Å². The van der Waals surface area contributed by atoms with Crippen LogP contribution in [0.1, 0.15) is 12.5 Å². The molecule has 0 atom stereocenters. The molecule has 1 heterocycles. The van der Waals surface area contributed by atoms with Crippen LogP contribution in [0.25, 0.3) is 0 Å². The molecule has 0 spiro atoms. The molecule has 2 rings (SSSR count). The largest absolute Gasteiger partial charge is 0.372 e. The molecular formula is C11H13FN2. The number of fused-ring (bicyclic) bond motifs is 1. The second-order valence-electron chi connectivity index (χ2n) is 3.55. The quantitative estimate of drug-likeness (QED) is 0.614. The monoisotopic (exact) mass is 192 g/mol. The number of aliphatic imine (C=N–C) groups is 1. The fourth-order valence-electron chi connectivity index (χ4n) is 1.70. The van der Waals surface area contributed by atoms with E-state index in [0.717, 1.165) is 30.1 Å². The van der Waals surface area contributed by atoms with Crippen LogP contribution in [0, 0.1) is 5.82 Å². The van der Waals surface area contributed by atoms with E-state index in [0.29, 0.717) is 0 Å². The number of nitrogens with zero attached hydrogens (tertiary/aromatic N) is 2. The average Bonchev–Trinajstić information content (AvgIpc) is 2.28. The Hall–Kier alpha value is -1.38. The maximum atomic E-state index is 13.1. The summed E-state index contributed by atoms with van der Waals surface area (Å²) in [6.45, 7) is 3.59. The van der Waals surface area contributed by atoms with Crippen molar-refractivity contribution >= 4 is 11.4 Å². The molecule has 1 aliphatic heterocycles. The predicted octanol–water partition coefficient (Wildman–Crippen LogP) is 2.08. The fraction of sp³-hybridized carbons (Fsp3) is 0.364. The molecule has 14 heavy (non-hydrogen) atoms. The molecule has 0 amide bonds. The first-order valence-corrected chi connectivity index (χ1v) is 4.70. The lowest BCUT2D eigenvalue weighted by molar-refractivity contribution is 0.627. The van der Waals surface area contributed by atoms with Gasteiger partial charge in [0, 0.05) is 30.6 Å². The summed E-state index contributed by atoms with van der Waals surface area (Å²) in [6, 6.07) is 4.85. The fourth-order valence-corrected chi connectivity index (χ4v) is 1.70. The van der Waals surface area contributed by atoms with Gasteiger partial charge in [0.05, 0.1) is 6.54 Å². The summed E-state index contributed by atoms with van der Waals surface area (Å²) in [5, 5.41) is 0. The second-order valence-corrected chi connectivity index (χ2v) is 3.55. The molecule has 0 aliphatic carbocycles. The lowest BCUT2D eigenvalue weighted by atomic mass is 10.1. The Kier molecular flexibility index (Phi) is 2.23. The van der Waals surface area contributed by atoms with Crippen LogP contribution in [0.5, 0.6) is 0 Å². The maximum absolute atomic E-state index is 13.1. The topological polar surface area (TPSA) is 15.6 Å². The third kappa shape index (κ3) is 1.50. The first-order valence-electron chi connectivity index (χ1n) is 4.70. The lowest BCUT2D eigenvalue weighted by Gasteiger charge is -2.18. The van der Waals surface area contributed by atoms with Gasteiger partial charge in [0.25, 0.3) is 0 Å². The Balaban J connectivity index is 2.57. The van der Waals surface area contributed by atoms with E-state index < -0.39 is 0 Å². The smallest absolute Gasteiger partial charge is 0.125 e. The lowest BCUT2D eigenvalue weighted by Crippen LogP contribution is -2.20. The van der Waals surface area contributed by atoms with Crippen LogP contribution in [-0.4, -0.2) is 25.8 Å². The van der Waals surface area contributed by atoms with Gasteiger partial charge in [-0.3, -0.25) is 4.99 Å². The van der Waals surface area contributed by atoms with Gasteiger partial charge in [-0.1, -0.05) is 0 Å². The highest BCUT2D eigenvalue weighted by atomic mass is 19.1. The zero-order valence-corrected chi connectivity index (χ0v) is 8.42. The summed E-state index contributed by atoms with van der Waals surface area (Å²) < 4.78 is 13.1. The van der Waals surface area contributed by atoms with Gasteiger partial charge >= 0.3 is 0 Å². The minimum atomic E-state index is -0.190. The Labute approximate surface area is 83.1 Å². The Morgan fingerprint density at radius 2 is 2.21 bits per heavy atom. The molecule has 2 nitrogen and oxygen atoms in total. The summed E-state index contributed by atoms with van der Waals surface area (Å²) in [6.07, 6.45) is 0. The van der Waals surface area contributed by atoms with E-state index in [9.17, 15) is 4.39 Å². The third-order valence-electron chi connectivity index (χ3n) is 2.55. The van der Waals surface area contributed by atoms with Crippen molar-refractivity contribution in [1.29, 1.82) is 0 Å². The molecular weight excluding hydrogens is 179 g/mol. The molecule has 0 bridgehead atoms. The minimum Gasteiger partial charge on any atom is -0.372 e. The van der Waals surface area contributed by atoms with Crippen LogP contribution >= 0.6 is 0 Å². The van der Waals surface area contributed by atoms with Crippen molar-refractivity contribution in [3.05, 3.63) is 29.6 Å². The highest BCUT2D eigenvalue weighted by Gasteiger charge is 2.13.